The Bertz CT molecular complexity index is 599. The summed E-state index contributed by atoms with van der Waals surface area (Å²) in [5.74, 6) is -0.854. The van der Waals surface area contributed by atoms with Crippen LogP contribution in [-0.4, -0.2) is 29.1 Å². The van der Waals surface area contributed by atoms with Crippen molar-refractivity contribution in [3.05, 3.63) is 34.7 Å². The van der Waals surface area contributed by atoms with Crippen LogP contribution in [0.25, 0.3) is 10.1 Å². The van der Waals surface area contributed by atoms with Gasteiger partial charge < -0.3 is 5.11 Å². The minimum absolute atomic E-state index is 0.374. The largest absolute Gasteiger partial charge is 0.478 e. The summed E-state index contributed by atoms with van der Waals surface area (Å²) >= 11 is 1.72. The fourth-order valence-corrected chi connectivity index (χ4v) is 3.78. The van der Waals surface area contributed by atoms with E-state index in [-0.39, 0.29) is 0 Å². The van der Waals surface area contributed by atoms with Crippen LogP contribution in [0.3, 0.4) is 0 Å². The Morgan fingerprint density at radius 3 is 2.74 bits per heavy atom. The van der Waals surface area contributed by atoms with E-state index >= 15 is 0 Å². The number of carboxylic acids is 1. The van der Waals surface area contributed by atoms with Crippen LogP contribution in [-0.2, 0) is 6.54 Å². The zero-order valence-electron chi connectivity index (χ0n) is 10.8. The normalized spacial score (nSPS) is 16.8. The first-order valence-corrected chi connectivity index (χ1v) is 7.52. The summed E-state index contributed by atoms with van der Waals surface area (Å²) < 4.78 is 1.08. The second-order valence-corrected chi connectivity index (χ2v) is 6.28. The van der Waals surface area contributed by atoms with Crippen LogP contribution < -0.4 is 0 Å². The van der Waals surface area contributed by atoms with Gasteiger partial charge in [0.2, 0.25) is 0 Å². The molecule has 0 bridgehead atoms. The molecule has 3 nitrogen and oxygen atoms in total. The van der Waals surface area contributed by atoms with Gasteiger partial charge in [-0.1, -0.05) is 12.5 Å². The molecule has 1 fully saturated rings. The molecule has 1 aliphatic heterocycles. The number of thiophene rings is 1. The topological polar surface area (TPSA) is 40.5 Å². The molecular weight excluding hydrogens is 258 g/mol. The van der Waals surface area contributed by atoms with Gasteiger partial charge in [-0.3, -0.25) is 4.90 Å². The van der Waals surface area contributed by atoms with Crippen LogP contribution in [0, 0.1) is 0 Å². The summed E-state index contributed by atoms with van der Waals surface area (Å²) in [5.41, 5.74) is 0.374. The van der Waals surface area contributed by atoms with E-state index in [2.05, 4.69) is 11.0 Å². The fourth-order valence-electron chi connectivity index (χ4n) is 2.63. The number of hydrogen-bond donors (Lipinski definition) is 1. The summed E-state index contributed by atoms with van der Waals surface area (Å²) in [6.07, 6.45) is 3.95. The van der Waals surface area contributed by atoms with Crippen molar-refractivity contribution in [1.82, 2.24) is 4.90 Å². The van der Waals surface area contributed by atoms with Gasteiger partial charge in [0.05, 0.1) is 5.56 Å². The molecule has 2 heterocycles. The highest BCUT2D eigenvalue weighted by Crippen LogP contribution is 2.28. The van der Waals surface area contributed by atoms with Crippen molar-refractivity contribution < 1.29 is 9.90 Å². The third kappa shape index (κ3) is 2.80. The molecule has 0 unspecified atom stereocenters. The van der Waals surface area contributed by atoms with Gasteiger partial charge in [0.15, 0.2) is 0 Å². The van der Waals surface area contributed by atoms with Crippen molar-refractivity contribution in [1.29, 1.82) is 0 Å². The SMILES string of the molecule is O=C(O)c1ccc2cc(CN3CCCCC3)sc2c1. The second kappa shape index (κ2) is 5.31. The summed E-state index contributed by atoms with van der Waals surface area (Å²) in [7, 11) is 0. The number of carboxylic acid groups (broad SMARTS) is 1. The van der Waals surface area contributed by atoms with Crippen LogP contribution >= 0.6 is 11.3 Å². The number of nitrogens with zero attached hydrogens (tertiary/aromatic N) is 1. The maximum absolute atomic E-state index is 11.0. The lowest BCUT2D eigenvalue weighted by molar-refractivity contribution is 0.0697. The van der Waals surface area contributed by atoms with Gasteiger partial charge in [0, 0.05) is 16.1 Å². The van der Waals surface area contributed by atoms with Crippen molar-refractivity contribution in [3.63, 3.8) is 0 Å². The molecular formula is C15H17NO2S. The molecule has 100 valence electrons. The Morgan fingerprint density at radius 2 is 2.00 bits per heavy atom. The lowest BCUT2D eigenvalue weighted by atomic mass is 10.1. The van der Waals surface area contributed by atoms with Gasteiger partial charge in [0.25, 0.3) is 0 Å². The maximum atomic E-state index is 11.0. The Morgan fingerprint density at radius 1 is 1.21 bits per heavy atom. The molecule has 1 aromatic heterocycles. The molecule has 0 atom stereocenters. The van der Waals surface area contributed by atoms with Crippen LogP contribution in [0.4, 0.5) is 0 Å². The lowest BCUT2D eigenvalue weighted by Gasteiger charge is -2.25. The van der Waals surface area contributed by atoms with E-state index in [1.807, 2.05) is 6.07 Å². The number of benzene rings is 1. The lowest BCUT2D eigenvalue weighted by Crippen LogP contribution is -2.28. The Balaban J connectivity index is 1.82. The van der Waals surface area contributed by atoms with Crippen molar-refractivity contribution in [2.45, 2.75) is 25.8 Å². The first kappa shape index (κ1) is 12.6. The molecule has 0 aliphatic carbocycles. The van der Waals surface area contributed by atoms with E-state index in [0.717, 1.165) is 16.6 Å². The zero-order chi connectivity index (χ0) is 13.2. The highest BCUT2D eigenvalue weighted by atomic mass is 32.1. The minimum atomic E-state index is -0.854. The number of aromatic carboxylic acids is 1. The van der Waals surface area contributed by atoms with E-state index < -0.39 is 5.97 Å². The number of hydrogen-bond acceptors (Lipinski definition) is 3. The molecule has 0 spiro atoms. The quantitative estimate of drug-likeness (QED) is 0.930. The van der Waals surface area contributed by atoms with Crippen molar-refractivity contribution in [2.75, 3.05) is 13.1 Å². The van der Waals surface area contributed by atoms with Gasteiger partial charge in [-0.25, -0.2) is 4.79 Å². The molecule has 1 N–H and O–H groups in total. The molecule has 1 saturated heterocycles. The average Bonchev–Trinajstić information content (AvgIpc) is 2.80. The van der Waals surface area contributed by atoms with Gasteiger partial charge in [-0.05, 0) is 49.5 Å². The zero-order valence-corrected chi connectivity index (χ0v) is 11.6. The van der Waals surface area contributed by atoms with Crippen molar-refractivity contribution >= 4 is 27.4 Å². The standard InChI is InChI=1S/C15H17NO2S/c17-15(18)12-5-4-11-8-13(19-14(11)9-12)10-16-6-2-1-3-7-16/h4-5,8-9H,1-3,6-7,10H2,(H,17,18). The summed E-state index contributed by atoms with van der Waals surface area (Å²) in [6, 6.07) is 7.57. The number of piperidine rings is 1. The predicted molar refractivity (Wildman–Crippen MR) is 77.9 cm³/mol. The van der Waals surface area contributed by atoms with Crippen LogP contribution in [0.1, 0.15) is 34.5 Å². The summed E-state index contributed by atoms with van der Waals surface area (Å²) in [6.45, 7) is 3.38. The van der Waals surface area contributed by atoms with Gasteiger partial charge in [-0.15, -0.1) is 11.3 Å². The van der Waals surface area contributed by atoms with Gasteiger partial charge >= 0.3 is 5.97 Å². The third-order valence-electron chi connectivity index (χ3n) is 3.65. The molecule has 0 saturated carbocycles. The van der Waals surface area contributed by atoms with Crippen LogP contribution in [0.15, 0.2) is 24.3 Å². The molecule has 0 amide bonds. The number of rotatable bonds is 3. The van der Waals surface area contributed by atoms with E-state index in [9.17, 15) is 4.79 Å². The Kier molecular flexibility index (Phi) is 3.53. The molecule has 1 aromatic carbocycles. The molecule has 2 aromatic rings. The predicted octanol–water partition coefficient (Wildman–Crippen LogP) is 3.59. The van der Waals surface area contributed by atoms with Gasteiger partial charge in [-0.2, -0.15) is 0 Å². The maximum Gasteiger partial charge on any atom is 0.335 e. The van der Waals surface area contributed by atoms with Crippen molar-refractivity contribution in [2.24, 2.45) is 0 Å². The number of fused-ring (bicyclic) bond motifs is 1. The summed E-state index contributed by atoms with van der Waals surface area (Å²) in [4.78, 5) is 14.8. The fraction of sp³-hybridized carbons (Fsp3) is 0.400. The molecule has 19 heavy (non-hydrogen) atoms. The molecule has 3 rings (SSSR count). The number of likely N-dealkylation sites (tertiary alicyclic amines) is 1. The van der Waals surface area contributed by atoms with E-state index in [0.29, 0.717) is 5.56 Å². The average molecular weight is 275 g/mol. The smallest absolute Gasteiger partial charge is 0.335 e. The third-order valence-corrected chi connectivity index (χ3v) is 4.73. The first-order valence-electron chi connectivity index (χ1n) is 6.70. The highest BCUT2D eigenvalue weighted by Gasteiger charge is 2.12. The van der Waals surface area contributed by atoms with Crippen LogP contribution in [0.5, 0.6) is 0 Å². The Labute approximate surface area is 116 Å². The molecule has 4 heteroatoms. The molecule has 0 radical (unpaired) electrons. The second-order valence-electron chi connectivity index (χ2n) is 5.11. The van der Waals surface area contributed by atoms with E-state index in [1.54, 1.807) is 23.5 Å². The van der Waals surface area contributed by atoms with E-state index in [4.69, 9.17) is 5.11 Å². The van der Waals surface area contributed by atoms with Crippen molar-refractivity contribution in [3.8, 4) is 0 Å². The number of carbonyl (C=O) groups is 1. The van der Waals surface area contributed by atoms with Crippen LogP contribution in [0.2, 0.25) is 0 Å². The van der Waals surface area contributed by atoms with Gasteiger partial charge in [0.1, 0.15) is 0 Å². The first-order chi connectivity index (χ1) is 9.22. The summed E-state index contributed by atoms with van der Waals surface area (Å²) in [5, 5.41) is 10.2. The highest BCUT2D eigenvalue weighted by molar-refractivity contribution is 7.19. The van der Waals surface area contributed by atoms with E-state index in [1.165, 1.54) is 37.2 Å². The Hall–Kier alpha value is -1.39. The minimum Gasteiger partial charge on any atom is -0.478 e. The molecule has 1 aliphatic rings. The monoisotopic (exact) mass is 275 g/mol.